The molecule has 0 amide bonds. The maximum absolute atomic E-state index is 5.31. The van der Waals surface area contributed by atoms with Crippen molar-refractivity contribution in [3.05, 3.63) is 24.2 Å². The molecule has 0 aliphatic heterocycles. The Morgan fingerprint density at radius 1 is 1.62 bits per heavy atom. The smallest absolute Gasteiger partial charge is 0.120 e. The number of furan rings is 1. The van der Waals surface area contributed by atoms with E-state index in [4.69, 9.17) is 9.15 Å². The first-order chi connectivity index (χ1) is 6.38. The summed E-state index contributed by atoms with van der Waals surface area (Å²) in [6.45, 7) is 3.72. The topological polar surface area (TPSA) is 34.4 Å². The van der Waals surface area contributed by atoms with Gasteiger partial charge in [-0.3, -0.25) is 0 Å². The van der Waals surface area contributed by atoms with Crippen LogP contribution in [0.1, 0.15) is 25.1 Å². The summed E-state index contributed by atoms with van der Waals surface area (Å²) < 4.78 is 10.3. The normalized spacial score (nSPS) is 13.1. The van der Waals surface area contributed by atoms with Crippen LogP contribution in [0.25, 0.3) is 0 Å². The number of nitrogens with one attached hydrogen (secondary N) is 1. The lowest BCUT2D eigenvalue weighted by Gasteiger charge is -2.13. The second kappa shape index (κ2) is 5.78. The van der Waals surface area contributed by atoms with Crippen LogP contribution in [0.3, 0.4) is 0 Å². The van der Waals surface area contributed by atoms with E-state index in [2.05, 4.69) is 12.2 Å². The van der Waals surface area contributed by atoms with Crippen LogP contribution < -0.4 is 5.32 Å². The van der Waals surface area contributed by atoms with E-state index >= 15 is 0 Å². The lowest BCUT2D eigenvalue weighted by atomic mass is 10.2. The molecule has 0 aliphatic rings. The van der Waals surface area contributed by atoms with Gasteiger partial charge in [-0.15, -0.1) is 0 Å². The highest BCUT2D eigenvalue weighted by Gasteiger charge is 2.09. The van der Waals surface area contributed by atoms with E-state index in [1.54, 1.807) is 13.4 Å². The van der Waals surface area contributed by atoms with Gasteiger partial charge in [0.25, 0.3) is 0 Å². The van der Waals surface area contributed by atoms with E-state index in [0.29, 0.717) is 6.04 Å². The molecule has 1 unspecified atom stereocenters. The fourth-order valence-corrected chi connectivity index (χ4v) is 1.27. The summed E-state index contributed by atoms with van der Waals surface area (Å²) in [6.07, 6.45) is 2.73. The van der Waals surface area contributed by atoms with Crippen LogP contribution in [0, 0.1) is 0 Å². The summed E-state index contributed by atoms with van der Waals surface area (Å²) in [6, 6.07) is 4.22. The average molecular weight is 183 g/mol. The Labute approximate surface area is 79.1 Å². The van der Waals surface area contributed by atoms with Gasteiger partial charge in [0, 0.05) is 13.7 Å². The Kier molecular flexibility index (Phi) is 4.57. The third-order valence-corrected chi connectivity index (χ3v) is 1.99. The predicted octanol–water partition coefficient (Wildman–Crippen LogP) is 1.97. The highest BCUT2D eigenvalue weighted by molar-refractivity contribution is 5.03. The van der Waals surface area contributed by atoms with Gasteiger partial charge < -0.3 is 14.5 Å². The minimum atomic E-state index is 0.310. The van der Waals surface area contributed by atoms with Gasteiger partial charge in [-0.2, -0.15) is 0 Å². The van der Waals surface area contributed by atoms with Crippen LogP contribution in [0.5, 0.6) is 0 Å². The van der Waals surface area contributed by atoms with Gasteiger partial charge in [0.2, 0.25) is 0 Å². The highest BCUT2D eigenvalue weighted by atomic mass is 16.5. The molecule has 74 valence electrons. The summed E-state index contributed by atoms with van der Waals surface area (Å²) in [5.41, 5.74) is 0. The fourth-order valence-electron chi connectivity index (χ4n) is 1.27. The number of hydrogen-bond acceptors (Lipinski definition) is 3. The summed E-state index contributed by atoms with van der Waals surface area (Å²) in [5, 5.41) is 3.35. The van der Waals surface area contributed by atoms with Crippen LogP contribution >= 0.6 is 0 Å². The van der Waals surface area contributed by atoms with Gasteiger partial charge >= 0.3 is 0 Å². The van der Waals surface area contributed by atoms with Gasteiger partial charge in [0.1, 0.15) is 5.76 Å². The zero-order valence-corrected chi connectivity index (χ0v) is 8.25. The first kappa shape index (κ1) is 10.3. The molecular formula is C10H17NO2. The zero-order valence-electron chi connectivity index (χ0n) is 8.25. The monoisotopic (exact) mass is 183 g/mol. The Morgan fingerprint density at radius 3 is 3.00 bits per heavy atom. The van der Waals surface area contributed by atoms with Crippen LogP contribution in [0.4, 0.5) is 0 Å². The van der Waals surface area contributed by atoms with Crippen molar-refractivity contribution < 1.29 is 9.15 Å². The molecule has 1 atom stereocenters. The van der Waals surface area contributed by atoms with Crippen molar-refractivity contribution in [2.45, 2.75) is 19.4 Å². The Bertz CT molecular complexity index is 209. The largest absolute Gasteiger partial charge is 0.468 e. The van der Waals surface area contributed by atoms with E-state index in [9.17, 15) is 0 Å². The fraction of sp³-hybridized carbons (Fsp3) is 0.600. The molecule has 0 aliphatic carbocycles. The highest BCUT2D eigenvalue weighted by Crippen LogP contribution is 2.15. The van der Waals surface area contributed by atoms with Crippen LogP contribution in [0.15, 0.2) is 22.8 Å². The second-order valence-electron chi connectivity index (χ2n) is 2.92. The SMILES string of the molecule is CCC(NCCOC)c1ccco1. The summed E-state index contributed by atoms with van der Waals surface area (Å²) in [7, 11) is 1.70. The van der Waals surface area contributed by atoms with Crippen molar-refractivity contribution in [3.63, 3.8) is 0 Å². The van der Waals surface area contributed by atoms with Crippen molar-refractivity contribution in [1.82, 2.24) is 5.32 Å². The Balaban J connectivity index is 2.35. The molecule has 0 bridgehead atoms. The predicted molar refractivity (Wildman–Crippen MR) is 51.6 cm³/mol. The summed E-state index contributed by atoms with van der Waals surface area (Å²) in [4.78, 5) is 0. The molecule has 3 heteroatoms. The lowest BCUT2D eigenvalue weighted by molar-refractivity contribution is 0.193. The van der Waals surface area contributed by atoms with E-state index in [-0.39, 0.29) is 0 Å². The zero-order chi connectivity index (χ0) is 9.52. The third kappa shape index (κ3) is 3.20. The van der Waals surface area contributed by atoms with E-state index in [1.807, 2.05) is 12.1 Å². The molecule has 1 aromatic heterocycles. The maximum atomic E-state index is 5.31. The van der Waals surface area contributed by atoms with Gasteiger partial charge in [-0.25, -0.2) is 0 Å². The first-order valence-corrected chi connectivity index (χ1v) is 4.64. The molecule has 13 heavy (non-hydrogen) atoms. The molecule has 0 aromatic carbocycles. The molecule has 1 aromatic rings. The second-order valence-corrected chi connectivity index (χ2v) is 2.92. The van der Waals surface area contributed by atoms with Gasteiger partial charge in [-0.1, -0.05) is 6.92 Å². The summed E-state index contributed by atoms with van der Waals surface area (Å²) >= 11 is 0. The standard InChI is InChI=1S/C10H17NO2/c1-3-9(11-6-8-12-2)10-5-4-7-13-10/h4-5,7,9,11H,3,6,8H2,1-2H3. The molecule has 3 nitrogen and oxygen atoms in total. The van der Waals surface area contributed by atoms with Crippen LogP contribution in [0.2, 0.25) is 0 Å². The van der Waals surface area contributed by atoms with Crippen molar-refractivity contribution in [2.75, 3.05) is 20.3 Å². The van der Waals surface area contributed by atoms with Gasteiger partial charge in [0.15, 0.2) is 0 Å². The van der Waals surface area contributed by atoms with Crippen molar-refractivity contribution in [1.29, 1.82) is 0 Å². The lowest BCUT2D eigenvalue weighted by Crippen LogP contribution is -2.24. The van der Waals surface area contributed by atoms with Crippen molar-refractivity contribution >= 4 is 0 Å². The Hall–Kier alpha value is -0.800. The minimum absolute atomic E-state index is 0.310. The number of ether oxygens (including phenoxy) is 1. The van der Waals surface area contributed by atoms with E-state index in [0.717, 1.165) is 25.3 Å². The molecule has 1 N–H and O–H groups in total. The van der Waals surface area contributed by atoms with Crippen LogP contribution in [-0.4, -0.2) is 20.3 Å². The molecule has 0 saturated carbocycles. The molecule has 1 rings (SSSR count). The van der Waals surface area contributed by atoms with Gasteiger partial charge in [-0.05, 0) is 18.6 Å². The summed E-state index contributed by atoms with van der Waals surface area (Å²) in [5.74, 6) is 0.999. The number of hydrogen-bond donors (Lipinski definition) is 1. The molecular weight excluding hydrogens is 166 g/mol. The third-order valence-electron chi connectivity index (χ3n) is 1.99. The minimum Gasteiger partial charge on any atom is -0.468 e. The molecule has 0 fully saturated rings. The quantitative estimate of drug-likeness (QED) is 0.685. The van der Waals surface area contributed by atoms with Crippen LogP contribution in [-0.2, 0) is 4.74 Å². The first-order valence-electron chi connectivity index (χ1n) is 4.64. The average Bonchev–Trinajstić information content (AvgIpc) is 2.65. The van der Waals surface area contributed by atoms with Gasteiger partial charge in [0.05, 0.1) is 18.9 Å². The Morgan fingerprint density at radius 2 is 2.46 bits per heavy atom. The number of rotatable bonds is 6. The molecule has 0 radical (unpaired) electrons. The maximum Gasteiger partial charge on any atom is 0.120 e. The van der Waals surface area contributed by atoms with Crippen molar-refractivity contribution in [3.8, 4) is 0 Å². The molecule has 0 saturated heterocycles. The van der Waals surface area contributed by atoms with E-state index < -0.39 is 0 Å². The van der Waals surface area contributed by atoms with Crippen molar-refractivity contribution in [2.24, 2.45) is 0 Å². The molecule has 1 heterocycles. The number of methoxy groups -OCH3 is 1. The van der Waals surface area contributed by atoms with E-state index in [1.165, 1.54) is 0 Å². The molecule has 0 spiro atoms.